The number of hydrogen-bond acceptors (Lipinski definition) is 7. The first-order valence-corrected chi connectivity index (χ1v) is 8.82. The van der Waals surface area contributed by atoms with Crippen LogP contribution in [0.1, 0.15) is 27.6 Å². The van der Waals surface area contributed by atoms with Gasteiger partial charge in [0.15, 0.2) is 0 Å². The van der Waals surface area contributed by atoms with E-state index in [4.69, 9.17) is 32.7 Å². The van der Waals surface area contributed by atoms with E-state index in [9.17, 15) is 24.5 Å². The fraction of sp³-hybridized carbons (Fsp3) is 0.167. The molecule has 0 N–H and O–H groups in total. The summed E-state index contributed by atoms with van der Waals surface area (Å²) in [6.45, 7) is 1.27. The van der Waals surface area contributed by atoms with Gasteiger partial charge in [-0.05, 0) is 31.2 Å². The summed E-state index contributed by atoms with van der Waals surface area (Å²) in [5.74, 6) is -2.70. The molecule has 1 aliphatic rings. The van der Waals surface area contributed by atoms with Crippen LogP contribution in [0.25, 0.3) is 0 Å². The second kappa shape index (κ2) is 7.69. The van der Waals surface area contributed by atoms with Crippen LogP contribution >= 0.6 is 23.2 Å². The minimum absolute atomic E-state index is 0.000483. The van der Waals surface area contributed by atoms with Gasteiger partial charge >= 0.3 is 11.7 Å². The monoisotopic (exact) mass is 438 g/mol. The van der Waals surface area contributed by atoms with E-state index in [1.807, 2.05) is 0 Å². The third-order valence-corrected chi connectivity index (χ3v) is 4.98. The molecule has 3 rings (SSSR count). The van der Waals surface area contributed by atoms with Crippen LogP contribution in [0.15, 0.2) is 30.3 Å². The Morgan fingerprint density at radius 3 is 2.14 bits per heavy atom. The first-order valence-electron chi connectivity index (χ1n) is 8.06. The molecule has 0 aliphatic carbocycles. The molecule has 11 heteroatoms. The van der Waals surface area contributed by atoms with Crippen molar-refractivity contribution in [3.63, 3.8) is 0 Å². The molecule has 0 radical (unpaired) electrons. The van der Waals surface area contributed by atoms with Crippen molar-refractivity contribution in [2.24, 2.45) is 0 Å². The first kappa shape index (κ1) is 20.6. The molecule has 0 saturated heterocycles. The van der Waals surface area contributed by atoms with Crippen molar-refractivity contribution in [3.8, 4) is 11.5 Å². The highest BCUT2D eigenvalue weighted by molar-refractivity contribution is 6.43. The molecule has 2 aromatic carbocycles. The van der Waals surface area contributed by atoms with Gasteiger partial charge in [0.05, 0.1) is 39.3 Å². The number of benzene rings is 2. The van der Waals surface area contributed by atoms with E-state index in [-0.39, 0.29) is 32.7 Å². The number of esters is 1. The van der Waals surface area contributed by atoms with Crippen molar-refractivity contribution in [3.05, 3.63) is 61.6 Å². The lowest BCUT2D eigenvalue weighted by atomic mass is 10.1. The fourth-order valence-electron chi connectivity index (χ4n) is 2.76. The number of carbonyl (C=O) groups excluding carboxylic acids is 3. The van der Waals surface area contributed by atoms with Crippen molar-refractivity contribution >= 4 is 46.7 Å². The van der Waals surface area contributed by atoms with Crippen molar-refractivity contribution in [1.29, 1.82) is 0 Å². The number of rotatable bonds is 5. The molecule has 1 atom stereocenters. The maximum atomic E-state index is 12.6. The zero-order valence-corrected chi connectivity index (χ0v) is 16.5. The van der Waals surface area contributed by atoms with Gasteiger partial charge < -0.3 is 9.47 Å². The van der Waals surface area contributed by atoms with Crippen molar-refractivity contribution < 1.29 is 28.8 Å². The highest BCUT2D eigenvalue weighted by Gasteiger charge is 2.42. The second-order valence-corrected chi connectivity index (χ2v) is 6.79. The summed E-state index contributed by atoms with van der Waals surface area (Å²) in [6.07, 6.45) is 0. The Labute approximate surface area is 173 Å². The summed E-state index contributed by atoms with van der Waals surface area (Å²) in [7, 11) is 1.33. The number of halogens is 2. The van der Waals surface area contributed by atoms with E-state index >= 15 is 0 Å². The lowest BCUT2D eigenvalue weighted by Gasteiger charge is -2.20. The number of amides is 2. The standard InChI is InChI=1S/C18H12Cl2N2O7/c1-8(18(25)29-15-4-3-9(28-2)5-14(15)22(26)27)21-16(23)10-6-12(19)13(20)7-11(10)17(21)24/h3-8H,1-2H3. The van der Waals surface area contributed by atoms with Gasteiger partial charge in [0.2, 0.25) is 5.75 Å². The minimum atomic E-state index is -1.36. The maximum absolute atomic E-state index is 12.6. The molecule has 150 valence electrons. The topological polar surface area (TPSA) is 116 Å². The van der Waals surface area contributed by atoms with Gasteiger partial charge in [0, 0.05) is 0 Å². The molecule has 0 bridgehead atoms. The largest absolute Gasteiger partial charge is 0.496 e. The van der Waals surface area contributed by atoms with Crippen LogP contribution in [0.4, 0.5) is 5.69 Å². The van der Waals surface area contributed by atoms with Crippen LogP contribution in [0.3, 0.4) is 0 Å². The van der Waals surface area contributed by atoms with Crippen molar-refractivity contribution in [2.75, 3.05) is 7.11 Å². The van der Waals surface area contributed by atoms with Crippen LogP contribution in [0, 0.1) is 10.1 Å². The molecule has 1 aliphatic heterocycles. The Balaban J connectivity index is 1.87. The van der Waals surface area contributed by atoms with E-state index < -0.39 is 34.4 Å². The van der Waals surface area contributed by atoms with Crippen molar-refractivity contribution in [1.82, 2.24) is 4.90 Å². The van der Waals surface area contributed by atoms with Crippen LogP contribution in [-0.4, -0.2) is 40.8 Å². The lowest BCUT2D eigenvalue weighted by molar-refractivity contribution is -0.385. The Hall–Kier alpha value is -3.17. The molecule has 0 fully saturated rings. The number of methoxy groups -OCH3 is 1. The van der Waals surface area contributed by atoms with Gasteiger partial charge in [-0.3, -0.25) is 24.6 Å². The third kappa shape index (κ3) is 3.62. The SMILES string of the molecule is COc1ccc(OC(=O)C(C)N2C(=O)c3cc(Cl)c(Cl)cc3C2=O)c([N+](=O)[O-])c1. The molecule has 0 spiro atoms. The first-order chi connectivity index (χ1) is 13.6. The van der Waals surface area contributed by atoms with Gasteiger partial charge in [0.25, 0.3) is 11.8 Å². The van der Waals surface area contributed by atoms with Gasteiger partial charge in [0.1, 0.15) is 11.8 Å². The number of nitro groups is 1. The number of nitro benzene ring substituents is 1. The molecular formula is C18H12Cl2N2O7. The molecule has 0 aromatic heterocycles. The highest BCUT2D eigenvalue weighted by atomic mass is 35.5. The molecule has 0 saturated carbocycles. The summed E-state index contributed by atoms with van der Waals surface area (Å²) in [5.41, 5.74) is -0.509. The number of ether oxygens (including phenoxy) is 2. The molecule has 29 heavy (non-hydrogen) atoms. The summed E-state index contributed by atoms with van der Waals surface area (Å²) in [5, 5.41) is 11.4. The minimum Gasteiger partial charge on any atom is -0.496 e. The number of fused-ring (bicyclic) bond motifs is 1. The van der Waals surface area contributed by atoms with E-state index in [0.29, 0.717) is 4.90 Å². The Bertz CT molecular complexity index is 1030. The summed E-state index contributed by atoms with van der Waals surface area (Å²) < 4.78 is 10.0. The Kier molecular flexibility index (Phi) is 5.45. The van der Waals surface area contributed by atoms with Crippen LogP contribution in [-0.2, 0) is 4.79 Å². The average Bonchev–Trinajstić information content (AvgIpc) is 2.91. The zero-order chi connectivity index (χ0) is 21.5. The van der Waals surface area contributed by atoms with Gasteiger partial charge in [-0.1, -0.05) is 23.2 Å². The molecule has 1 unspecified atom stereocenters. The number of hydrogen-bond donors (Lipinski definition) is 0. The van der Waals surface area contributed by atoms with Crippen LogP contribution in [0.2, 0.25) is 10.0 Å². The Morgan fingerprint density at radius 1 is 1.10 bits per heavy atom. The van der Waals surface area contributed by atoms with Crippen molar-refractivity contribution in [2.45, 2.75) is 13.0 Å². The van der Waals surface area contributed by atoms with E-state index in [2.05, 4.69) is 0 Å². The summed E-state index contributed by atoms with van der Waals surface area (Å²) in [4.78, 5) is 48.9. The summed E-state index contributed by atoms with van der Waals surface area (Å²) in [6, 6.07) is 4.76. The fourth-order valence-corrected chi connectivity index (χ4v) is 3.08. The molecular weight excluding hydrogens is 427 g/mol. The molecule has 2 amide bonds. The maximum Gasteiger partial charge on any atom is 0.334 e. The van der Waals surface area contributed by atoms with E-state index in [1.165, 1.54) is 38.3 Å². The molecule has 2 aromatic rings. The molecule has 9 nitrogen and oxygen atoms in total. The van der Waals surface area contributed by atoms with Crippen LogP contribution in [0.5, 0.6) is 11.5 Å². The summed E-state index contributed by atoms with van der Waals surface area (Å²) >= 11 is 11.8. The quantitative estimate of drug-likeness (QED) is 0.230. The smallest absolute Gasteiger partial charge is 0.334 e. The second-order valence-electron chi connectivity index (χ2n) is 5.98. The van der Waals surface area contributed by atoms with Gasteiger partial charge in [-0.15, -0.1) is 0 Å². The number of carbonyl (C=O) groups is 3. The van der Waals surface area contributed by atoms with E-state index in [0.717, 1.165) is 6.07 Å². The average molecular weight is 439 g/mol. The predicted molar refractivity (Wildman–Crippen MR) is 102 cm³/mol. The molecule has 1 heterocycles. The van der Waals surface area contributed by atoms with Crippen LogP contribution < -0.4 is 9.47 Å². The Morgan fingerprint density at radius 2 is 1.66 bits per heavy atom. The van der Waals surface area contributed by atoms with Gasteiger partial charge in [-0.2, -0.15) is 0 Å². The number of imide groups is 1. The predicted octanol–water partition coefficient (Wildman–Crippen LogP) is 3.50. The lowest BCUT2D eigenvalue weighted by Crippen LogP contribution is -2.44. The van der Waals surface area contributed by atoms with E-state index in [1.54, 1.807) is 0 Å². The normalized spacial score (nSPS) is 13.9. The highest BCUT2D eigenvalue weighted by Crippen LogP contribution is 2.34. The number of nitrogens with zero attached hydrogens (tertiary/aromatic N) is 2. The zero-order valence-electron chi connectivity index (χ0n) is 15.0. The van der Waals surface area contributed by atoms with Gasteiger partial charge in [-0.25, -0.2) is 4.79 Å². The third-order valence-electron chi connectivity index (χ3n) is 4.26.